The van der Waals surface area contributed by atoms with Crippen molar-refractivity contribution in [3.63, 3.8) is 0 Å². The lowest BCUT2D eigenvalue weighted by Gasteiger charge is -2.34. The highest BCUT2D eigenvalue weighted by Crippen LogP contribution is 2.40. The third-order valence-electron chi connectivity index (χ3n) is 5.40. The number of nitrogens with one attached hydrogen (secondary N) is 1. The molecule has 0 spiro atoms. The Morgan fingerprint density at radius 2 is 2.00 bits per heavy atom. The molecule has 0 saturated carbocycles. The van der Waals surface area contributed by atoms with Crippen LogP contribution in [0.4, 0.5) is 17.3 Å². The molecule has 146 valence electrons. The average molecular weight is 406 g/mol. The standard InChI is InChI=1S/C21H20ClN7/c1-14(26-20-4-7-23-13-25-20)29-17-5-8-28(9-6-17)19-3-2-18(27-21(19)29)15-10-16(22)12-24-11-15/h2-4,7,10-13,17H,1,5-6,8-9H2,(H,23,25,26). The van der Waals surface area contributed by atoms with Gasteiger partial charge in [-0.05, 0) is 37.1 Å². The number of halogens is 1. The normalized spacial score (nSPS) is 15.8. The van der Waals surface area contributed by atoms with E-state index in [4.69, 9.17) is 16.6 Å². The van der Waals surface area contributed by atoms with E-state index in [1.807, 2.05) is 18.2 Å². The van der Waals surface area contributed by atoms with Gasteiger partial charge in [-0.1, -0.05) is 18.2 Å². The highest BCUT2D eigenvalue weighted by atomic mass is 35.5. The molecular formula is C21H20ClN7. The lowest BCUT2D eigenvalue weighted by atomic mass is 10.1. The molecule has 8 heteroatoms. The minimum Gasteiger partial charge on any atom is -0.368 e. The molecule has 6 heterocycles. The minimum absolute atomic E-state index is 0.328. The third kappa shape index (κ3) is 3.38. The first-order valence-corrected chi connectivity index (χ1v) is 9.95. The second-order valence-corrected chi connectivity index (χ2v) is 7.62. The van der Waals surface area contributed by atoms with Gasteiger partial charge in [0.05, 0.1) is 16.4 Å². The van der Waals surface area contributed by atoms with Crippen LogP contribution in [0.3, 0.4) is 0 Å². The minimum atomic E-state index is 0.328. The van der Waals surface area contributed by atoms with E-state index in [0.29, 0.717) is 16.9 Å². The first-order valence-electron chi connectivity index (χ1n) is 9.57. The summed E-state index contributed by atoms with van der Waals surface area (Å²) < 4.78 is 0. The molecule has 3 aliphatic rings. The van der Waals surface area contributed by atoms with Gasteiger partial charge in [0.25, 0.3) is 0 Å². The Balaban J connectivity index is 1.57. The highest BCUT2D eigenvalue weighted by molar-refractivity contribution is 6.30. The van der Waals surface area contributed by atoms with E-state index in [-0.39, 0.29) is 0 Å². The molecule has 0 aromatic carbocycles. The van der Waals surface area contributed by atoms with Crippen LogP contribution in [0.15, 0.2) is 61.6 Å². The SMILES string of the molecule is C=C(Nc1ccncn1)N1c2nc(-c3cncc(Cl)c3)ccc2N2CCC1CC2. The van der Waals surface area contributed by atoms with E-state index in [2.05, 4.69) is 42.7 Å². The van der Waals surface area contributed by atoms with Crippen LogP contribution in [-0.4, -0.2) is 39.1 Å². The summed E-state index contributed by atoms with van der Waals surface area (Å²) in [4.78, 5) is 22.1. The Morgan fingerprint density at radius 3 is 2.76 bits per heavy atom. The van der Waals surface area contributed by atoms with E-state index < -0.39 is 0 Å². The van der Waals surface area contributed by atoms with E-state index in [1.54, 1.807) is 18.6 Å². The fourth-order valence-corrected chi connectivity index (χ4v) is 4.21. The Morgan fingerprint density at radius 1 is 1.14 bits per heavy atom. The number of hydrogen-bond donors (Lipinski definition) is 1. The topological polar surface area (TPSA) is 70.1 Å². The molecule has 29 heavy (non-hydrogen) atoms. The number of anilines is 3. The van der Waals surface area contributed by atoms with Gasteiger partial charge in [-0.15, -0.1) is 0 Å². The maximum absolute atomic E-state index is 6.14. The van der Waals surface area contributed by atoms with Crippen molar-refractivity contribution in [1.29, 1.82) is 0 Å². The summed E-state index contributed by atoms with van der Waals surface area (Å²) in [6.45, 7) is 6.33. The summed E-state index contributed by atoms with van der Waals surface area (Å²) >= 11 is 6.14. The number of fused-ring (bicyclic) bond motifs is 2. The number of nitrogens with zero attached hydrogens (tertiary/aromatic N) is 6. The molecule has 2 bridgehead atoms. The molecule has 3 aliphatic heterocycles. The van der Waals surface area contributed by atoms with Gasteiger partial charge < -0.3 is 15.1 Å². The lowest BCUT2D eigenvalue weighted by molar-refractivity contribution is 0.500. The number of hydrogen-bond acceptors (Lipinski definition) is 7. The summed E-state index contributed by atoms with van der Waals surface area (Å²) in [5.41, 5.74) is 2.84. The smallest absolute Gasteiger partial charge is 0.158 e. The summed E-state index contributed by atoms with van der Waals surface area (Å²) in [7, 11) is 0. The maximum atomic E-state index is 6.14. The van der Waals surface area contributed by atoms with Gasteiger partial charge in [-0.3, -0.25) is 4.98 Å². The predicted octanol–water partition coefficient (Wildman–Crippen LogP) is 3.96. The first kappa shape index (κ1) is 17.9. The van der Waals surface area contributed by atoms with Crippen LogP contribution in [0, 0.1) is 0 Å². The monoisotopic (exact) mass is 405 g/mol. The van der Waals surface area contributed by atoms with Crippen LogP contribution in [-0.2, 0) is 0 Å². The second-order valence-electron chi connectivity index (χ2n) is 7.19. The van der Waals surface area contributed by atoms with Gasteiger partial charge in [0.1, 0.15) is 18.0 Å². The number of aromatic nitrogens is 4. The molecule has 0 unspecified atom stereocenters. The molecular weight excluding hydrogens is 386 g/mol. The summed E-state index contributed by atoms with van der Waals surface area (Å²) in [5, 5.41) is 3.91. The molecule has 0 aliphatic carbocycles. The first-order chi connectivity index (χ1) is 14.2. The molecule has 1 saturated heterocycles. The molecule has 0 amide bonds. The van der Waals surface area contributed by atoms with Gasteiger partial charge in [0.15, 0.2) is 5.82 Å². The molecule has 6 rings (SSSR count). The Labute approximate surface area is 174 Å². The van der Waals surface area contributed by atoms with Gasteiger partial charge in [0, 0.05) is 43.3 Å². The van der Waals surface area contributed by atoms with E-state index >= 15 is 0 Å². The van der Waals surface area contributed by atoms with Crippen molar-refractivity contribution < 1.29 is 0 Å². The molecule has 3 aromatic heterocycles. The van der Waals surface area contributed by atoms with Crippen LogP contribution in [0.25, 0.3) is 11.3 Å². The summed E-state index contributed by atoms with van der Waals surface area (Å²) in [6.07, 6.45) is 8.74. The Hall–Kier alpha value is -3.19. The Kier molecular flexibility index (Phi) is 4.52. The quantitative estimate of drug-likeness (QED) is 0.704. The van der Waals surface area contributed by atoms with Gasteiger partial charge in [-0.2, -0.15) is 0 Å². The number of pyridine rings is 2. The average Bonchev–Trinajstić information content (AvgIpc) is 3.00. The van der Waals surface area contributed by atoms with Crippen molar-refractivity contribution in [3.8, 4) is 11.3 Å². The zero-order valence-corrected chi connectivity index (χ0v) is 16.5. The maximum Gasteiger partial charge on any atom is 0.158 e. The van der Waals surface area contributed by atoms with Crippen molar-refractivity contribution in [2.75, 3.05) is 28.2 Å². The summed E-state index contributed by atoms with van der Waals surface area (Å²) in [6, 6.07) is 8.20. The Bertz CT molecular complexity index is 1050. The van der Waals surface area contributed by atoms with E-state index in [1.165, 1.54) is 6.33 Å². The van der Waals surface area contributed by atoms with Crippen molar-refractivity contribution in [2.45, 2.75) is 18.9 Å². The van der Waals surface area contributed by atoms with Gasteiger partial charge in [-0.25, -0.2) is 15.0 Å². The molecule has 1 fully saturated rings. The van der Waals surface area contributed by atoms with Crippen molar-refractivity contribution in [2.24, 2.45) is 0 Å². The molecule has 0 atom stereocenters. The fourth-order valence-electron chi connectivity index (χ4n) is 4.04. The van der Waals surface area contributed by atoms with Crippen LogP contribution in [0.1, 0.15) is 12.8 Å². The highest BCUT2D eigenvalue weighted by Gasteiger charge is 2.35. The third-order valence-corrected chi connectivity index (χ3v) is 5.61. The van der Waals surface area contributed by atoms with Crippen LogP contribution >= 0.6 is 11.6 Å². The lowest BCUT2D eigenvalue weighted by Crippen LogP contribution is -2.41. The van der Waals surface area contributed by atoms with Crippen molar-refractivity contribution in [1.82, 2.24) is 19.9 Å². The zero-order chi connectivity index (χ0) is 19.8. The molecule has 1 N–H and O–H groups in total. The summed E-state index contributed by atoms with van der Waals surface area (Å²) in [5.74, 6) is 2.36. The van der Waals surface area contributed by atoms with E-state index in [9.17, 15) is 0 Å². The van der Waals surface area contributed by atoms with Crippen LogP contribution in [0.2, 0.25) is 5.02 Å². The number of piperidine rings is 1. The van der Waals surface area contributed by atoms with Crippen LogP contribution in [0.5, 0.6) is 0 Å². The largest absolute Gasteiger partial charge is 0.368 e. The van der Waals surface area contributed by atoms with Gasteiger partial charge >= 0.3 is 0 Å². The molecule has 7 nitrogen and oxygen atoms in total. The molecule has 3 aromatic rings. The predicted molar refractivity (Wildman–Crippen MR) is 115 cm³/mol. The van der Waals surface area contributed by atoms with Crippen molar-refractivity contribution >= 4 is 28.9 Å². The number of rotatable bonds is 4. The van der Waals surface area contributed by atoms with Crippen LogP contribution < -0.4 is 15.1 Å². The fraction of sp³-hybridized carbons (Fsp3) is 0.238. The zero-order valence-electron chi connectivity index (χ0n) is 15.8. The van der Waals surface area contributed by atoms with E-state index in [0.717, 1.165) is 54.5 Å². The molecule has 0 radical (unpaired) electrons. The van der Waals surface area contributed by atoms with Gasteiger partial charge in [0.2, 0.25) is 0 Å². The second kappa shape index (κ2) is 7.33. The van der Waals surface area contributed by atoms with Crippen molar-refractivity contribution in [3.05, 3.63) is 66.6 Å².